The van der Waals surface area contributed by atoms with Crippen molar-refractivity contribution in [1.29, 1.82) is 0 Å². The third-order valence-corrected chi connectivity index (χ3v) is 3.08. The highest BCUT2D eigenvalue weighted by molar-refractivity contribution is 5.92. The number of hydrogen-bond donors (Lipinski definition) is 0. The van der Waals surface area contributed by atoms with E-state index >= 15 is 0 Å². The smallest absolute Gasteiger partial charge is 0.160 e. The van der Waals surface area contributed by atoms with Crippen LogP contribution in [0.5, 0.6) is 0 Å². The Labute approximate surface area is 105 Å². The minimum absolute atomic E-state index is 0.216. The number of allylic oxidation sites excluding steroid dienone is 2. The van der Waals surface area contributed by atoms with Gasteiger partial charge in [0.15, 0.2) is 5.78 Å². The van der Waals surface area contributed by atoms with Crippen molar-refractivity contribution in [3.8, 4) is 0 Å². The Morgan fingerprint density at radius 3 is 2.00 bits per heavy atom. The first-order valence-electron chi connectivity index (χ1n) is 6.49. The number of rotatable bonds is 6. The standard InChI is InChI=1S/C16H22O/c1-4-13(5-2)11-16(17)12-15-9-7-14(6-3)8-10-15/h7-11H,4-6,12H2,1-3H3. The van der Waals surface area contributed by atoms with Gasteiger partial charge < -0.3 is 0 Å². The fourth-order valence-corrected chi connectivity index (χ4v) is 1.83. The zero-order chi connectivity index (χ0) is 12.7. The molecular formula is C16H22O. The SMILES string of the molecule is CCC(=CC(=O)Cc1ccc(CC)cc1)CC. The van der Waals surface area contributed by atoms with Crippen molar-refractivity contribution in [2.24, 2.45) is 0 Å². The predicted octanol–water partition coefficient (Wildman–Crippen LogP) is 4.11. The van der Waals surface area contributed by atoms with Gasteiger partial charge in [-0.1, -0.05) is 50.6 Å². The zero-order valence-corrected chi connectivity index (χ0v) is 11.1. The van der Waals surface area contributed by atoms with Crippen molar-refractivity contribution in [2.45, 2.75) is 46.5 Å². The molecule has 0 aromatic heterocycles. The van der Waals surface area contributed by atoms with E-state index in [-0.39, 0.29) is 5.78 Å². The number of ketones is 1. The van der Waals surface area contributed by atoms with Gasteiger partial charge in [0.25, 0.3) is 0 Å². The lowest BCUT2D eigenvalue weighted by Crippen LogP contribution is -2.00. The number of hydrogen-bond acceptors (Lipinski definition) is 1. The summed E-state index contributed by atoms with van der Waals surface area (Å²) in [5, 5.41) is 0. The molecule has 0 radical (unpaired) electrons. The molecule has 0 bridgehead atoms. The van der Waals surface area contributed by atoms with E-state index in [1.54, 1.807) is 0 Å². The minimum Gasteiger partial charge on any atom is -0.294 e. The second kappa shape index (κ2) is 7.05. The Kier molecular flexibility index (Phi) is 5.68. The summed E-state index contributed by atoms with van der Waals surface area (Å²) in [5.74, 6) is 0.216. The molecular weight excluding hydrogens is 208 g/mol. The predicted molar refractivity (Wildman–Crippen MR) is 73.2 cm³/mol. The Morgan fingerprint density at radius 1 is 1.00 bits per heavy atom. The van der Waals surface area contributed by atoms with Crippen LogP contribution in [0.3, 0.4) is 0 Å². The Balaban J connectivity index is 2.64. The fourth-order valence-electron chi connectivity index (χ4n) is 1.83. The van der Waals surface area contributed by atoms with Gasteiger partial charge in [0, 0.05) is 6.42 Å². The third-order valence-electron chi connectivity index (χ3n) is 3.08. The summed E-state index contributed by atoms with van der Waals surface area (Å²) in [7, 11) is 0. The number of benzene rings is 1. The Bertz CT molecular complexity index is 378. The second-order valence-corrected chi connectivity index (χ2v) is 4.32. The highest BCUT2D eigenvalue weighted by Gasteiger charge is 2.02. The van der Waals surface area contributed by atoms with E-state index < -0.39 is 0 Å². The van der Waals surface area contributed by atoms with E-state index in [9.17, 15) is 4.79 Å². The molecule has 1 rings (SSSR count). The molecule has 0 amide bonds. The molecule has 1 aromatic rings. The van der Waals surface area contributed by atoms with Crippen molar-refractivity contribution in [2.75, 3.05) is 0 Å². The molecule has 0 aliphatic heterocycles. The summed E-state index contributed by atoms with van der Waals surface area (Å²) in [6.45, 7) is 6.33. The van der Waals surface area contributed by atoms with Gasteiger partial charge in [0.1, 0.15) is 0 Å². The van der Waals surface area contributed by atoms with E-state index in [4.69, 9.17) is 0 Å². The van der Waals surface area contributed by atoms with Crippen molar-refractivity contribution < 1.29 is 4.79 Å². The second-order valence-electron chi connectivity index (χ2n) is 4.32. The van der Waals surface area contributed by atoms with Crippen LogP contribution in [0.15, 0.2) is 35.9 Å². The van der Waals surface area contributed by atoms with E-state index in [1.165, 1.54) is 11.1 Å². The summed E-state index contributed by atoms with van der Waals surface area (Å²) >= 11 is 0. The zero-order valence-electron chi connectivity index (χ0n) is 11.1. The monoisotopic (exact) mass is 230 g/mol. The van der Waals surface area contributed by atoms with Gasteiger partial charge in [0.2, 0.25) is 0 Å². The molecule has 0 aliphatic carbocycles. The average molecular weight is 230 g/mol. The Morgan fingerprint density at radius 2 is 1.53 bits per heavy atom. The molecule has 0 atom stereocenters. The summed E-state index contributed by atoms with van der Waals surface area (Å²) in [6, 6.07) is 8.32. The van der Waals surface area contributed by atoms with Crippen LogP contribution in [-0.2, 0) is 17.6 Å². The van der Waals surface area contributed by atoms with Gasteiger partial charge in [-0.2, -0.15) is 0 Å². The fraction of sp³-hybridized carbons (Fsp3) is 0.438. The first kappa shape index (κ1) is 13.7. The largest absolute Gasteiger partial charge is 0.294 e. The molecule has 1 nitrogen and oxygen atoms in total. The maximum absolute atomic E-state index is 11.8. The van der Waals surface area contributed by atoms with Gasteiger partial charge in [-0.3, -0.25) is 4.79 Å². The number of carbonyl (C=O) groups is 1. The maximum atomic E-state index is 11.8. The molecule has 0 N–H and O–H groups in total. The van der Waals surface area contributed by atoms with Crippen molar-refractivity contribution in [3.05, 3.63) is 47.0 Å². The van der Waals surface area contributed by atoms with E-state index in [1.807, 2.05) is 6.08 Å². The lowest BCUT2D eigenvalue weighted by Gasteiger charge is -2.02. The minimum atomic E-state index is 0.216. The van der Waals surface area contributed by atoms with Crippen LogP contribution in [0.1, 0.15) is 44.7 Å². The molecule has 0 saturated carbocycles. The van der Waals surface area contributed by atoms with Crippen molar-refractivity contribution in [3.63, 3.8) is 0 Å². The molecule has 1 aromatic carbocycles. The van der Waals surface area contributed by atoms with E-state index in [0.29, 0.717) is 6.42 Å². The average Bonchev–Trinajstić information content (AvgIpc) is 2.37. The van der Waals surface area contributed by atoms with Gasteiger partial charge in [-0.15, -0.1) is 0 Å². The van der Waals surface area contributed by atoms with Crippen LogP contribution in [0.2, 0.25) is 0 Å². The first-order valence-corrected chi connectivity index (χ1v) is 6.49. The van der Waals surface area contributed by atoms with E-state index in [2.05, 4.69) is 45.0 Å². The number of carbonyl (C=O) groups excluding carboxylic acids is 1. The van der Waals surface area contributed by atoms with Crippen LogP contribution < -0.4 is 0 Å². The lowest BCUT2D eigenvalue weighted by molar-refractivity contribution is -0.114. The first-order chi connectivity index (χ1) is 8.19. The van der Waals surface area contributed by atoms with Crippen LogP contribution in [0.4, 0.5) is 0 Å². The highest BCUT2D eigenvalue weighted by Crippen LogP contribution is 2.09. The topological polar surface area (TPSA) is 17.1 Å². The Hall–Kier alpha value is -1.37. The lowest BCUT2D eigenvalue weighted by atomic mass is 10.0. The van der Waals surface area contributed by atoms with Crippen molar-refractivity contribution >= 4 is 5.78 Å². The summed E-state index contributed by atoms with van der Waals surface area (Å²) in [6.07, 6.45) is 5.32. The van der Waals surface area contributed by atoms with Gasteiger partial charge in [0.05, 0.1) is 0 Å². The molecule has 0 fully saturated rings. The molecule has 0 saturated heterocycles. The normalized spacial score (nSPS) is 10.1. The summed E-state index contributed by atoms with van der Waals surface area (Å²) < 4.78 is 0. The maximum Gasteiger partial charge on any atom is 0.160 e. The molecule has 92 valence electrons. The van der Waals surface area contributed by atoms with Gasteiger partial charge in [-0.25, -0.2) is 0 Å². The molecule has 0 heterocycles. The molecule has 0 spiro atoms. The summed E-state index contributed by atoms with van der Waals surface area (Å²) in [4.78, 5) is 11.8. The van der Waals surface area contributed by atoms with Crippen LogP contribution in [0, 0.1) is 0 Å². The molecule has 0 unspecified atom stereocenters. The van der Waals surface area contributed by atoms with Crippen LogP contribution in [0.25, 0.3) is 0 Å². The molecule has 0 aliphatic rings. The summed E-state index contributed by atoms with van der Waals surface area (Å²) in [5.41, 5.74) is 3.66. The third kappa shape index (κ3) is 4.56. The van der Waals surface area contributed by atoms with Gasteiger partial charge in [-0.05, 0) is 36.5 Å². The quantitative estimate of drug-likeness (QED) is 0.672. The highest BCUT2D eigenvalue weighted by atomic mass is 16.1. The van der Waals surface area contributed by atoms with E-state index in [0.717, 1.165) is 24.8 Å². The van der Waals surface area contributed by atoms with Crippen molar-refractivity contribution in [1.82, 2.24) is 0 Å². The molecule has 17 heavy (non-hydrogen) atoms. The van der Waals surface area contributed by atoms with Crippen LogP contribution in [-0.4, -0.2) is 5.78 Å². The number of aryl methyl sites for hydroxylation is 1. The van der Waals surface area contributed by atoms with Crippen LogP contribution >= 0.6 is 0 Å². The van der Waals surface area contributed by atoms with Gasteiger partial charge >= 0.3 is 0 Å². The molecule has 1 heteroatoms.